The number of aryl methyl sites for hydroxylation is 3. The second-order valence-corrected chi connectivity index (χ2v) is 4.11. The lowest BCUT2D eigenvalue weighted by Crippen LogP contribution is -2.12. The fourth-order valence-corrected chi connectivity index (χ4v) is 1.84. The number of hydrogen-bond donors (Lipinski definition) is 1. The van der Waals surface area contributed by atoms with E-state index in [1.807, 2.05) is 39.2 Å². The summed E-state index contributed by atoms with van der Waals surface area (Å²) in [5.74, 6) is 0. The molecule has 0 aliphatic carbocycles. The lowest BCUT2D eigenvalue weighted by molar-refractivity contribution is 0.765. The van der Waals surface area contributed by atoms with E-state index in [1.165, 1.54) is 0 Å². The zero-order chi connectivity index (χ0) is 11.7. The first-order valence-electron chi connectivity index (χ1n) is 5.25. The molecule has 0 saturated carbocycles. The van der Waals surface area contributed by atoms with E-state index in [0.717, 1.165) is 22.5 Å². The normalized spacial score (nSPS) is 12.8. The molecule has 0 fully saturated rings. The molecule has 1 atom stereocenters. The molecule has 4 heteroatoms. The van der Waals surface area contributed by atoms with Crippen LogP contribution in [-0.4, -0.2) is 14.8 Å². The van der Waals surface area contributed by atoms with Crippen LogP contribution in [-0.2, 0) is 7.05 Å². The number of hydrogen-bond acceptors (Lipinski definition) is 3. The Morgan fingerprint density at radius 1 is 1.19 bits per heavy atom. The summed E-state index contributed by atoms with van der Waals surface area (Å²) >= 11 is 0. The van der Waals surface area contributed by atoms with Gasteiger partial charge in [-0.1, -0.05) is 0 Å². The van der Waals surface area contributed by atoms with Crippen LogP contribution in [0.25, 0.3) is 0 Å². The first-order chi connectivity index (χ1) is 7.56. The van der Waals surface area contributed by atoms with Crippen molar-refractivity contribution in [3.63, 3.8) is 0 Å². The van der Waals surface area contributed by atoms with E-state index in [-0.39, 0.29) is 6.04 Å². The monoisotopic (exact) mass is 216 g/mol. The van der Waals surface area contributed by atoms with Crippen LogP contribution in [0.1, 0.15) is 28.6 Å². The summed E-state index contributed by atoms with van der Waals surface area (Å²) in [5.41, 5.74) is 10.3. The van der Waals surface area contributed by atoms with Gasteiger partial charge in [0.1, 0.15) is 0 Å². The topological polar surface area (TPSA) is 56.7 Å². The minimum atomic E-state index is -0.130. The summed E-state index contributed by atoms with van der Waals surface area (Å²) in [5, 5.41) is 4.13. The maximum Gasteiger partial charge on any atom is 0.0584 e. The van der Waals surface area contributed by atoms with Crippen molar-refractivity contribution in [2.75, 3.05) is 0 Å². The molecule has 84 valence electrons. The highest BCUT2D eigenvalue weighted by molar-refractivity contribution is 5.30. The molecule has 0 aromatic carbocycles. The van der Waals surface area contributed by atoms with Gasteiger partial charge in [-0.15, -0.1) is 0 Å². The highest BCUT2D eigenvalue weighted by Gasteiger charge is 2.11. The summed E-state index contributed by atoms with van der Waals surface area (Å²) < 4.78 is 1.76. The third kappa shape index (κ3) is 2.12. The Bertz CT molecular complexity index is 481. The molecule has 0 aliphatic heterocycles. The lowest BCUT2D eigenvalue weighted by atomic mass is 10.0. The largest absolute Gasteiger partial charge is 0.320 e. The maximum absolute atomic E-state index is 6.19. The maximum atomic E-state index is 6.19. The molecule has 1 unspecified atom stereocenters. The summed E-state index contributed by atoms with van der Waals surface area (Å²) in [7, 11) is 1.89. The first kappa shape index (κ1) is 10.8. The fraction of sp³-hybridized carbons (Fsp3) is 0.333. The van der Waals surface area contributed by atoms with Crippen LogP contribution in [0.3, 0.4) is 0 Å². The van der Waals surface area contributed by atoms with Gasteiger partial charge in [-0.3, -0.25) is 9.67 Å². The Hall–Kier alpha value is -1.68. The summed E-state index contributed by atoms with van der Waals surface area (Å²) in [6.07, 6.45) is 3.74. The zero-order valence-corrected chi connectivity index (χ0v) is 9.81. The molecule has 0 spiro atoms. The average Bonchev–Trinajstić information content (AvgIpc) is 2.62. The van der Waals surface area contributed by atoms with E-state index in [0.29, 0.717) is 0 Å². The van der Waals surface area contributed by atoms with E-state index in [4.69, 9.17) is 5.73 Å². The number of nitrogens with two attached hydrogens (primary N) is 1. The van der Waals surface area contributed by atoms with Crippen molar-refractivity contribution in [3.8, 4) is 0 Å². The average molecular weight is 216 g/mol. The Labute approximate surface area is 95.1 Å². The van der Waals surface area contributed by atoms with Crippen molar-refractivity contribution in [2.45, 2.75) is 19.9 Å². The van der Waals surface area contributed by atoms with Gasteiger partial charge in [0.05, 0.1) is 12.2 Å². The Morgan fingerprint density at radius 3 is 2.31 bits per heavy atom. The van der Waals surface area contributed by atoms with Gasteiger partial charge in [-0.05, 0) is 31.5 Å². The highest BCUT2D eigenvalue weighted by Crippen LogP contribution is 2.19. The van der Waals surface area contributed by atoms with Crippen LogP contribution in [0.15, 0.2) is 24.5 Å². The van der Waals surface area contributed by atoms with E-state index in [1.54, 1.807) is 10.9 Å². The van der Waals surface area contributed by atoms with Crippen LogP contribution >= 0.6 is 0 Å². The van der Waals surface area contributed by atoms with Crippen LogP contribution in [0, 0.1) is 13.8 Å². The van der Waals surface area contributed by atoms with Gasteiger partial charge in [0, 0.05) is 30.2 Å². The molecule has 0 amide bonds. The molecule has 0 radical (unpaired) electrons. The first-order valence-corrected chi connectivity index (χ1v) is 5.25. The van der Waals surface area contributed by atoms with Crippen LogP contribution in [0.2, 0.25) is 0 Å². The Balaban J connectivity index is 2.37. The van der Waals surface area contributed by atoms with Crippen molar-refractivity contribution in [1.82, 2.24) is 14.8 Å². The molecule has 2 rings (SSSR count). The smallest absolute Gasteiger partial charge is 0.0584 e. The zero-order valence-electron chi connectivity index (χ0n) is 9.81. The van der Waals surface area contributed by atoms with Crippen molar-refractivity contribution < 1.29 is 0 Å². The van der Waals surface area contributed by atoms with Crippen molar-refractivity contribution >= 4 is 0 Å². The van der Waals surface area contributed by atoms with E-state index in [9.17, 15) is 0 Å². The fourth-order valence-electron chi connectivity index (χ4n) is 1.84. The van der Waals surface area contributed by atoms with E-state index in [2.05, 4.69) is 10.1 Å². The van der Waals surface area contributed by atoms with Gasteiger partial charge >= 0.3 is 0 Å². The van der Waals surface area contributed by atoms with Gasteiger partial charge in [0.2, 0.25) is 0 Å². The number of pyridine rings is 1. The molecule has 2 aromatic rings. The van der Waals surface area contributed by atoms with Crippen molar-refractivity contribution in [1.29, 1.82) is 0 Å². The van der Waals surface area contributed by atoms with Crippen molar-refractivity contribution in [3.05, 3.63) is 47.0 Å². The van der Waals surface area contributed by atoms with Gasteiger partial charge in [0.15, 0.2) is 0 Å². The highest BCUT2D eigenvalue weighted by atomic mass is 15.2. The third-order valence-electron chi connectivity index (χ3n) is 2.55. The predicted molar refractivity (Wildman–Crippen MR) is 62.9 cm³/mol. The molecule has 2 heterocycles. The van der Waals surface area contributed by atoms with Gasteiger partial charge < -0.3 is 5.73 Å². The summed E-state index contributed by atoms with van der Waals surface area (Å²) in [6, 6.07) is 3.91. The van der Waals surface area contributed by atoms with Gasteiger partial charge in [-0.2, -0.15) is 5.10 Å². The SMILES string of the molecule is Cc1cc(C(N)c2cnn(C)c2)cc(C)n1. The van der Waals surface area contributed by atoms with Crippen LogP contribution < -0.4 is 5.73 Å². The molecule has 2 N–H and O–H groups in total. The standard InChI is InChI=1S/C12H16N4/c1-8-4-10(5-9(2)15-8)12(13)11-6-14-16(3)7-11/h4-7,12H,13H2,1-3H3. The molecule has 2 aromatic heterocycles. The third-order valence-corrected chi connectivity index (χ3v) is 2.55. The Kier molecular flexibility index (Phi) is 2.75. The van der Waals surface area contributed by atoms with E-state index >= 15 is 0 Å². The van der Waals surface area contributed by atoms with Gasteiger partial charge in [0.25, 0.3) is 0 Å². The summed E-state index contributed by atoms with van der Waals surface area (Å²) in [6.45, 7) is 3.96. The molecule has 0 bridgehead atoms. The Morgan fingerprint density at radius 2 is 1.81 bits per heavy atom. The molecular formula is C12H16N4. The summed E-state index contributed by atoms with van der Waals surface area (Å²) in [4.78, 5) is 4.34. The van der Waals surface area contributed by atoms with Crippen molar-refractivity contribution in [2.24, 2.45) is 12.8 Å². The number of nitrogens with zero attached hydrogens (tertiary/aromatic N) is 3. The van der Waals surface area contributed by atoms with Crippen LogP contribution in [0.4, 0.5) is 0 Å². The number of aromatic nitrogens is 3. The number of rotatable bonds is 2. The second kappa shape index (κ2) is 4.06. The van der Waals surface area contributed by atoms with Gasteiger partial charge in [-0.25, -0.2) is 0 Å². The molecule has 0 aliphatic rings. The van der Waals surface area contributed by atoms with Crippen LogP contribution in [0.5, 0.6) is 0 Å². The quantitative estimate of drug-likeness (QED) is 0.827. The lowest BCUT2D eigenvalue weighted by Gasteiger charge is -2.11. The molecule has 16 heavy (non-hydrogen) atoms. The van der Waals surface area contributed by atoms with E-state index < -0.39 is 0 Å². The second-order valence-electron chi connectivity index (χ2n) is 4.11. The predicted octanol–water partition coefficient (Wildman–Crippen LogP) is 1.48. The minimum absolute atomic E-state index is 0.130. The molecule has 0 saturated heterocycles. The molecular weight excluding hydrogens is 200 g/mol. The minimum Gasteiger partial charge on any atom is -0.320 e. The molecule has 4 nitrogen and oxygen atoms in total.